The van der Waals surface area contributed by atoms with E-state index in [-0.39, 0.29) is 6.10 Å². The van der Waals surface area contributed by atoms with Crippen LogP contribution in [0.3, 0.4) is 0 Å². The van der Waals surface area contributed by atoms with Crippen molar-refractivity contribution in [3.8, 4) is 0 Å². The van der Waals surface area contributed by atoms with Crippen LogP contribution < -0.4 is 5.73 Å². The third-order valence-corrected chi connectivity index (χ3v) is 2.23. The summed E-state index contributed by atoms with van der Waals surface area (Å²) >= 11 is 0. The lowest BCUT2D eigenvalue weighted by Crippen LogP contribution is -2.29. The highest BCUT2D eigenvalue weighted by Gasteiger charge is 2.35. The van der Waals surface area contributed by atoms with Crippen LogP contribution in [0.2, 0.25) is 0 Å². The van der Waals surface area contributed by atoms with Gasteiger partial charge in [0, 0.05) is 26.7 Å². The Morgan fingerprint density at radius 1 is 1.62 bits per heavy atom. The first-order valence-electron chi connectivity index (χ1n) is 4.71. The first kappa shape index (κ1) is 10.9. The molecule has 0 aromatic heterocycles. The predicted molar refractivity (Wildman–Crippen MR) is 49.4 cm³/mol. The molecule has 13 heavy (non-hydrogen) atoms. The highest BCUT2D eigenvalue weighted by atomic mass is 16.7. The van der Waals surface area contributed by atoms with Gasteiger partial charge >= 0.3 is 0 Å². The van der Waals surface area contributed by atoms with E-state index in [1.807, 2.05) is 6.92 Å². The minimum atomic E-state index is -0.442. The Hall–Kier alpha value is -0.160. The molecule has 2 N–H and O–H groups in total. The first-order valence-corrected chi connectivity index (χ1v) is 4.71. The van der Waals surface area contributed by atoms with E-state index in [2.05, 4.69) is 0 Å². The number of nitrogens with two attached hydrogens (primary N) is 1. The summed E-state index contributed by atoms with van der Waals surface area (Å²) in [5.74, 6) is -0.442. The van der Waals surface area contributed by atoms with Crippen molar-refractivity contribution in [3.63, 3.8) is 0 Å². The Morgan fingerprint density at radius 3 is 2.92 bits per heavy atom. The SMILES string of the molecule is COCCCC1(C)OCC(CN)O1. The third-order valence-electron chi connectivity index (χ3n) is 2.23. The van der Waals surface area contributed by atoms with Crippen molar-refractivity contribution in [2.75, 3.05) is 26.9 Å². The molecule has 0 aromatic rings. The fourth-order valence-corrected chi connectivity index (χ4v) is 1.47. The minimum absolute atomic E-state index is 0.0625. The van der Waals surface area contributed by atoms with Crippen LogP contribution in [-0.2, 0) is 14.2 Å². The molecular formula is C9H19NO3. The highest BCUT2D eigenvalue weighted by molar-refractivity contribution is 4.75. The van der Waals surface area contributed by atoms with Gasteiger partial charge in [-0.25, -0.2) is 0 Å². The van der Waals surface area contributed by atoms with Gasteiger partial charge in [-0.2, -0.15) is 0 Å². The number of hydrogen-bond donors (Lipinski definition) is 1. The Balaban J connectivity index is 2.23. The average Bonchev–Trinajstić information content (AvgIpc) is 2.49. The Kier molecular flexibility index (Phi) is 4.12. The molecule has 0 spiro atoms. The summed E-state index contributed by atoms with van der Waals surface area (Å²) in [7, 11) is 1.70. The smallest absolute Gasteiger partial charge is 0.166 e. The van der Waals surface area contributed by atoms with E-state index in [4.69, 9.17) is 19.9 Å². The van der Waals surface area contributed by atoms with Crippen LogP contribution in [0.15, 0.2) is 0 Å². The Labute approximate surface area is 79.3 Å². The molecule has 0 amide bonds. The van der Waals surface area contributed by atoms with Crippen molar-refractivity contribution in [2.24, 2.45) is 5.73 Å². The molecule has 1 aliphatic rings. The number of rotatable bonds is 5. The van der Waals surface area contributed by atoms with Gasteiger partial charge in [0.15, 0.2) is 5.79 Å². The minimum Gasteiger partial charge on any atom is -0.385 e. The van der Waals surface area contributed by atoms with Gasteiger partial charge in [0.1, 0.15) is 0 Å². The molecule has 0 aliphatic carbocycles. The maximum atomic E-state index is 5.64. The van der Waals surface area contributed by atoms with Crippen molar-refractivity contribution in [2.45, 2.75) is 31.7 Å². The summed E-state index contributed by atoms with van der Waals surface area (Å²) in [4.78, 5) is 0. The normalized spacial score (nSPS) is 33.9. The molecule has 0 saturated carbocycles. The molecule has 0 radical (unpaired) electrons. The van der Waals surface area contributed by atoms with E-state index in [1.54, 1.807) is 7.11 Å². The standard InChI is InChI=1S/C9H19NO3/c1-9(4-3-5-11-2)12-7-8(6-10)13-9/h8H,3-7,10H2,1-2H3. The topological polar surface area (TPSA) is 53.7 Å². The molecule has 0 bridgehead atoms. The molecule has 1 rings (SSSR count). The quantitative estimate of drug-likeness (QED) is 0.640. The van der Waals surface area contributed by atoms with Crippen molar-refractivity contribution in [1.29, 1.82) is 0 Å². The summed E-state index contributed by atoms with van der Waals surface area (Å²) in [6.07, 6.45) is 1.87. The Bertz CT molecular complexity index is 154. The van der Waals surface area contributed by atoms with Crippen LogP contribution in [0, 0.1) is 0 Å². The lowest BCUT2D eigenvalue weighted by molar-refractivity contribution is -0.159. The molecule has 0 aromatic carbocycles. The zero-order valence-electron chi connectivity index (χ0n) is 8.41. The fraction of sp³-hybridized carbons (Fsp3) is 1.00. The highest BCUT2D eigenvalue weighted by Crippen LogP contribution is 2.27. The van der Waals surface area contributed by atoms with Crippen LogP contribution in [0.4, 0.5) is 0 Å². The summed E-state index contributed by atoms with van der Waals surface area (Å²) < 4.78 is 16.1. The van der Waals surface area contributed by atoms with Crippen molar-refractivity contribution in [1.82, 2.24) is 0 Å². The van der Waals surface area contributed by atoms with E-state index in [0.29, 0.717) is 13.2 Å². The van der Waals surface area contributed by atoms with E-state index in [9.17, 15) is 0 Å². The molecule has 4 nitrogen and oxygen atoms in total. The lowest BCUT2D eigenvalue weighted by atomic mass is 10.2. The van der Waals surface area contributed by atoms with Gasteiger partial charge in [0.05, 0.1) is 12.7 Å². The lowest BCUT2D eigenvalue weighted by Gasteiger charge is -2.22. The summed E-state index contributed by atoms with van der Waals surface area (Å²) in [6.45, 7) is 3.84. The number of methoxy groups -OCH3 is 1. The van der Waals surface area contributed by atoms with E-state index < -0.39 is 5.79 Å². The summed E-state index contributed by atoms with van der Waals surface area (Å²) in [6, 6.07) is 0. The van der Waals surface area contributed by atoms with Crippen LogP contribution >= 0.6 is 0 Å². The molecule has 1 saturated heterocycles. The van der Waals surface area contributed by atoms with Crippen LogP contribution in [0.25, 0.3) is 0 Å². The van der Waals surface area contributed by atoms with Gasteiger partial charge in [-0.3, -0.25) is 0 Å². The molecule has 2 atom stereocenters. The molecule has 1 aliphatic heterocycles. The van der Waals surface area contributed by atoms with Gasteiger partial charge in [-0.05, 0) is 13.3 Å². The maximum Gasteiger partial charge on any atom is 0.166 e. The second-order valence-corrected chi connectivity index (χ2v) is 3.52. The summed E-state index contributed by atoms with van der Waals surface area (Å²) in [5, 5.41) is 0. The van der Waals surface area contributed by atoms with Crippen molar-refractivity contribution < 1.29 is 14.2 Å². The molecule has 78 valence electrons. The molecule has 4 heteroatoms. The van der Waals surface area contributed by atoms with E-state index in [1.165, 1.54) is 0 Å². The average molecular weight is 189 g/mol. The van der Waals surface area contributed by atoms with Crippen LogP contribution in [0.1, 0.15) is 19.8 Å². The second-order valence-electron chi connectivity index (χ2n) is 3.52. The van der Waals surface area contributed by atoms with Crippen molar-refractivity contribution in [3.05, 3.63) is 0 Å². The zero-order valence-corrected chi connectivity index (χ0v) is 8.41. The monoisotopic (exact) mass is 189 g/mol. The molecular weight excluding hydrogens is 170 g/mol. The number of hydrogen-bond acceptors (Lipinski definition) is 4. The first-order chi connectivity index (χ1) is 6.20. The number of ether oxygens (including phenoxy) is 3. The second kappa shape index (κ2) is 4.91. The van der Waals surface area contributed by atoms with E-state index >= 15 is 0 Å². The summed E-state index contributed by atoms with van der Waals surface area (Å²) in [5.41, 5.74) is 5.48. The van der Waals surface area contributed by atoms with Crippen molar-refractivity contribution >= 4 is 0 Å². The third kappa shape index (κ3) is 3.23. The van der Waals surface area contributed by atoms with E-state index in [0.717, 1.165) is 19.4 Å². The molecule has 1 fully saturated rings. The van der Waals surface area contributed by atoms with Gasteiger partial charge in [0.25, 0.3) is 0 Å². The van der Waals surface area contributed by atoms with Gasteiger partial charge in [-0.15, -0.1) is 0 Å². The Morgan fingerprint density at radius 2 is 2.38 bits per heavy atom. The largest absolute Gasteiger partial charge is 0.385 e. The molecule has 1 heterocycles. The fourth-order valence-electron chi connectivity index (χ4n) is 1.47. The zero-order chi connectivity index (χ0) is 9.73. The predicted octanol–water partition coefficient (Wildman–Crippen LogP) is 0.503. The van der Waals surface area contributed by atoms with Gasteiger partial charge < -0.3 is 19.9 Å². The molecule has 2 unspecified atom stereocenters. The van der Waals surface area contributed by atoms with Gasteiger partial charge in [-0.1, -0.05) is 0 Å². The van der Waals surface area contributed by atoms with Crippen LogP contribution in [-0.4, -0.2) is 38.8 Å². The van der Waals surface area contributed by atoms with Crippen LogP contribution in [0.5, 0.6) is 0 Å². The maximum absolute atomic E-state index is 5.64. The van der Waals surface area contributed by atoms with Gasteiger partial charge in [0.2, 0.25) is 0 Å².